The first-order chi connectivity index (χ1) is 9.29. The molecule has 1 N–H and O–H groups in total. The Bertz CT molecular complexity index is 608. The molecule has 1 nitrogen and oxygen atoms in total. The second kappa shape index (κ2) is 5.42. The van der Waals surface area contributed by atoms with Gasteiger partial charge >= 0.3 is 6.18 Å². The number of aliphatic hydroxyl groups is 1. The molecular weight excluding hydrogens is 296 g/mol. The molecule has 0 spiro atoms. The highest BCUT2D eigenvalue weighted by Crippen LogP contribution is 2.37. The van der Waals surface area contributed by atoms with Gasteiger partial charge in [0.15, 0.2) is 0 Å². The van der Waals surface area contributed by atoms with Gasteiger partial charge in [-0.1, -0.05) is 23.7 Å². The topological polar surface area (TPSA) is 20.2 Å². The van der Waals surface area contributed by atoms with Gasteiger partial charge in [0.1, 0.15) is 11.9 Å². The molecule has 106 valence electrons. The van der Waals surface area contributed by atoms with Crippen LogP contribution < -0.4 is 0 Å². The molecule has 0 aromatic heterocycles. The van der Waals surface area contributed by atoms with Crippen LogP contribution in [0.4, 0.5) is 17.6 Å². The Balaban J connectivity index is 2.50. The highest BCUT2D eigenvalue weighted by atomic mass is 35.5. The van der Waals surface area contributed by atoms with Crippen LogP contribution in [0.25, 0.3) is 0 Å². The summed E-state index contributed by atoms with van der Waals surface area (Å²) in [6.45, 7) is 0. The van der Waals surface area contributed by atoms with Crippen molar-refractivity contribution < 1.29 is 22.7 Å². The molecule has 2 aromatic rings. The second-order valence-corrected chi connectivity index (χ2v) is 4.62. The first kappa shape index (κ1) is 14.8. The molecule has 0 bridgehead atoms. The van der Waals surface area contributed by atoms with Crippen LogP contribution in [0.15, 0.2) is 42.5 Å². The lowest BCUT2D eigenvalue weighted by Gasteiger charge is -2.18. The van der Waals surface area contributed by atoms with Crippen LogP contribution in [0, 0.1) is 5.82 Å². The molecule has 0 aliphatic carbocycles. The molecular formula is C14H9ClF4O. The smallest absolute Gasteiger partial charge is 0.384 e. The maximum absolute atomic E-state index is 13.2. The van der Waals surface area contributed by atoms with E-state index >= 15 is 0 Å². The Morgan fingerprint density at radius 2 is 1.60 bits per heavy atom. The summed E-state index contributed by atoms with van der Waals surface area (Å²) in [7, 11) is 0. The van der Waals surface area contributed by atoms with Gasteiger partial charge in [-0.05, 0) is 35.9 Å². The van der Waals surface area contributed by atoms with Gasteiger partial charge in [-0.15, -0.1) is 0 Å². The number of halogens is 5. The maximum atomic E-state index is 13.2. The van der Waals surface area contributed by atoms with Gasteiger partial charge in [-0.25, -0.2) is 4.39 Å². The third-order valence-electron chi connectivity index (χ3n) is 2.80. The molecule has 0 heterocycles. The fourth-order valence-electron chi connectivity index (χ4n) is 1.84. The zero-order valence-electron chi connectivity index (χ0n) is 9.96. The van der Waals surface area contributed by atoms with Crippen molar-refractivity contribution in [1.82, 2.24) is 0 Å². The predicted molar refractivity (Wildman–Crippen MR) is 66.9 cm³/mol. The third kappa shape index (κ3) is 3.11. The van der Waals surface area contributed by atoms with Crippen LogP contribution in [0.2, 0.25) is 5.02 Å². The van der Waals surface area contributed by atoms with Crippen LogP contribution in [0.1, 0.15) is 22.8 Å². The number of alkyl halides is 3. The average molecular weight is 305 g/mol. The molecule has 0 aliphatic heterocycles. The lowest BCUT2D eigenvalue weighted by atomic mass is 9.96. The molecule has 6 heteroatoms. The minimum absolute atomic E-state index is 0.200. The van der Waals surface area contributed by atoms with Crippen molar-refractivity contribution in [2.75, 3.05) is 0 Å². The first-order valence-electron chi connectivity index (χ1n) is 5.59. The standard InChI is InChI=1S/C14H9ClF4O/c15-9-3-1-8(2-4-9)13(20)11-7-10(16)5-6-12(11)14(17,18)19/h1-7,13,20H. The quantitative estimate of drug-likeness (QED) is 0.805. The molecule has 1 unspecified atom stereocenters. The van der Waals surface area contributed by atoms with Crippen molar-refractivity contribution in [3.63, 3.8) is 0 Å². The number of aliphatic hydroxyl groups excluding tert-OH is 1. The van der Waals surface area contributed by atoms with Crippen molar-refractivity contribution >= 4 is 11.6 Å². The fourth-order valence-corrected chi connectivity index (χ4v) is 1.97. The Kier molecular flexibility index (Phi) is 4.01. The molecule has 0 aliphatic rings. The molecule has 2 aromatic carbocycles. The molecule has 0 fully saturated rings. The summed E-state index contributed by atoms with van der Waals surface area (Å²) in [6.07, 6.45) is -6.25. The van der Waals surface area contributed by atoms with E-state index in [2.05, 4.69) is 0 Å². The van der Waals surface area contributed by atoms with E-state index in [0.717, 1.165) is 0 Å². The minimum Gasteiger partial charge on any atom is -0.384 e. The predicted octanol–water partition coefficient (Wildman–Crippen LogP) is 4.58. The van der Waals surface area contributed by atoms with Crippen LogP contribution in [-0.4, -0.2) is 5.11 Å². The Labute approximate surface area is 117 Å². The normalized spacial score (nSPS) is 13.3. The Morgan fingerprint density at radius 3 is 2.15 bits per heavy atom. The van der Waals surface area contributed by atoms with Crippen LogP contribution in [-0.2, 0) is 6.18 Å². The largest absolute Gasteiger partial charge is 0.416 e. The zero-order valence-corrected chi connectivity index (χ0v) is 10.7. The summed E-state index contributed by atoms with van der Waals surface area (Å²) in [4.78, 5) is 0. The van der Waals surface area contributed by atoms with E-state index in [-0.39, 0.29) is 5.56 Å². The van der Waals surface area contributed by atoms with E-state index in [0.29, 0.717) is 23.2 Å². The van der Waals surface area contributed by atoms with Crippen molar-refractivity contribution in [2.45, 2.75) is 12.3 Å². The summed E-state index contributed by atoms with van der Waals surface area (Å²) in [6, 6.07) is 7.66. The summed E-state index contributed by atoms with van der Waals surface area (Å²) < 4.78 is 51.8. The SMILES string of the molecule is OC(c1ccc(Cl)cc1)c1cc(F)ccc1C(F)(F)F. The molecule has 20 heavy (non-hydrogen) atoms. The van der Waals surface area contributed by atoms with Crippen molar-refractivity contribution in [3.8, 4) is 0 Å². The molecule has 0 radical (unpaired) electrons. The van der Waals surface area contributed by atoms with Crippen LogP contribution >= 0.6 is 11.6 Å². The Hall–Kier alpha value is -1.59. The zero-order chi connectivity index (χ0) is 14.9. The molecule has 0 saturated heterocycles. The van der Waals surface area contributed by atoms with E-state index in [9.17, 15) is 22.7 Å². The molecule has 0 amide bonds. The first-order valence-corrected chi connectivity index (χ1v) is 5.97. The molecule has 2 rings (SSSR count). The third-order valence-corrected chi connectivity index (χ3v) is 3.05. The monoisotopic (exact) mass is 304 g/mol. The van der Waals surface area contributed by atoms with Gasteiger partial charge in [0.25, 0.3) is 0 Å². The van der Waals surface area contributed by atoms with Gasteiger partial charge in [-0.3, -0.25) is 0 Å². The van der Waals surface area contributed by atoms with Gasteiger partial charge in [-0.2, -0.15) is 13.2 Å². The number of benzene rings is 2. The van der Waals surface area contributed by atoms with Gasteiger partial charge in [0, 0.05) is 10.6 Å². The van der Waals surface area contributed by atoms with Crippen molar-refractivity contribution in [3.05, 3.63) is 70.0 Å². The number of hydrogen-bond donors (Lipinski definition) is 1. The summed E-state index contributed by atoms with van der Waals surface area (Å²) in [5.41, 5.74) is -1.40. The highest BCUT2D eigenvalue weighted by molar-refractivity contribution is 6.30. The Morgan fingerprint density at radius 1 is 1.00 bits per heavy atom. The summed E-state index contributed by atoms with van der Waals surface area (Å²) in [5, 5.41) is 10.4. The average Bonchev–Trinajstić information content (AvgIpc) is 2.37. The maximum Gasteiger partial charge on any atom is 0.416 e. The lowest BCUT2D eigenvalue weighted by Crippen LogP contribution is -2.13. The highest BCUT2D eigenvalue weighted by Gasteiger charge is 2.35. The fraction of sp³-hybridized carbons (Fsp3) is 0.143. The van der Waals surface area contributed by atoms with E-state index in [1.54, 1.807) is 0 Å². The van der Waals surface area contributed by atoms with E-state index in [4.69, 9.17) is 11.6 Å². The van der Waals surface area contributed by atoms with E-state index in [1.807, 2.05) is 0 Å². The van der Waals surface area contributed by atoms with E-state index < -0.39 is 29.2 Å². The second-order valence-electron chi connectivity index (χ2n) is 4.18. The van der Waals surface area contributed by atoms with Crippen LogP contribution in [0.3, 0.4) is 0 Å². The summed E-state index contributed by atoms with van der Waals surface area (Å²) in [5.74, 6) is -0.846. The van der Waals surface area contributed by atoms with Gasteiger partial charge in [0.2, 0.25) is 0 Å². The van der Waals surface area contributed by atoms with Gasteiger partial charge in [0.05, 0.1) is 5.56 Å². The van der Waals surface area contributed by atoms with Crippen molar-refractivity contribution in [1.29, 1.82) is 0 Å². The van der Waals surface area contributed by atoms with E-state index in [1.165, 1.54) is 24.3 Å². The van der Waals surface area contributed by atoms with Crippen molar-refractivity contribution in [2.24, 2.45) is 0 Å². The van der Waals surface area contributed by atoms with Crippen LogP contribution in [0.5, 0.6) is 0 Å². The summed E-state index contributed by atoms with van der Waals surface area (Å²) >= 11 is 5.67. The lowest BCUT2D eigenvalue weighted by molar-refractivity contribution is -0.139. The molecule has 1 atom stereocenters. The number of rotatable bonds is 2. The van der Waals surface area contributed by atoms with Gasteiger partial charge < -0.3 is 5.11 Å². The minimum atomic E-state index is -4.67. The molecule has 0 saturated carbocycles. The number of hydrogen-bond acceptors (Lipinski definition) is 1.